The Balaban J connectivity index is 1.35. The fourth-order valence-electron chi connectivity index (χ4n) is 5.41. The highest BCUT2D eigenvalue weighted by atomic mass is 19.1. The number of benzene rings is 2. The van der Waals surface area contributed by atoms with Crippen molar-refractivity contribution in [1.29, 1.82) is 0 Å². The summed E-state index contributed by atoms with van der Waals surface area (Å²) in [6.07, 6.45) is 2.97. The molecule has 178 valence electrons. The molecule has 3 fully saturated rings. The smallest absolute Gasteiger partial charge is 0.253 e. The summed E-state index contributed by atoms with van der Waals surface area (Å²) >= 11 is 0. The Bertz CT molecular complexity index is 1060. The van der Waals surface area contributed by atoms with Gasteiger partial charge in [0.15, 0.2) is 0 Å². The van der Waals surface area contributed by atoms with E-state index in [2.05, 4.69) is 4.90 Å². The number of amides is 3. The number of nitrogens with zero attached hydrogens (tertiary/aromatic N) is 4. The number of para-hydroxylation sites is 1. The number of anilines is 1. The van der Waals surface area contributed by atoms with Gasteiger partial charge in [0.05, 0.1) is 6.67 Å². The molecule has 1 spiro atoms. The molecule has 3 aliphatic heterocycles. The van der Waals surface area contributed by atoms with Gasteiger partial charge in [-0.05, 0) is 62.1 Å². The summed E-state index contributed by atoms with van der Waals surface area (Å²) in [4.78, 5) is 46.9. The maximum absolute atomic E-state index is 13.8. The Labute approximate surface area is 198 Å². The van der Waals surface area contributed by atoms with Gasteiger partial charge in [-0.2, -0.15) is 0 Å². The van der Waals surface area contributed by atoms with Crippen molar-refractivity contribution in [2.45, 2.75) is 31.2 Å². The summed E-state index contributed by atoms with van der Waals surface area (Å²) in [6, 6.07) is 15.3. The molecule has 3 heterocycles. The van der Waals surface area contributed by atoms with Gasteiger partial charge < -0.3 is 19.6 Å². The molecule has 34 heavy (non-hydrogen) atoms. The normalized spacial score (nSPS) is 19.9. The van der Waals surface area contributed by atoms with Gasteiger partial charge in [0.1, 0.15) is 17.9 Å². The predicted octanol–water partition coefficient (Wildman–Crippen LogP) is 2.73. The Morgan fingerprint density at radius 1 is 0.853 bits per heavy atom. The largest absolute Gasteiger partial charge is 0.341 e. The summed E-state index contributed by atoms with van der Waals surface area (Å²) in [5.74, 6) is -0.585. The first-order chi connectivity index (χ1) is 16.5. The zero-order chi connectivity index (χ0) is 23.7. The van der Waals surface area contributed by atoms with Crippen LogP contribution in [-0.2, 0) is 9.59 Å². The minimum absolute atomic E-state index is 0.000153. The molecule has 0 saturated carbocycles. The van der Waals surface area contributed by atoms with Crippen LogP contribution in [0.15, 0.2) is 54.6 Å². The molecular weight excluding hydrogens is 435 g/mol. The van der Waals surface area contributed by atoms with Crippen LogP contribution in [-0.4, -0.2) is 77.4 Å². The minimum Gasteiger partial charge on any atom is -0.341 e. The standard InChI is InChI=1S/C26H29FN4O3/c27-21-10-8-20(9-11-21)24(33)29-16-12-26(13-17-29)25(34)30(18-23(32)28-14-4-5-15-28)19-31(26)22-6-2-1-3-7-22/h1-3,6-11H,4-5,12-19H2. The molecule has 3 amide bonds. The Morgan fingerprint density at radius 3 is 2.15 bits per heavy atom. The third-order valence-corrected chi connectivity index (χ3v) is 7.34. The Kier molecular flexibility index (Phi) is 5.98. The van der Waals surface area contributed by atoms with Crippen LogP contribution in [0.1, 0.15) is 36.0 Å². The van der Waals surface area contributed by atoms with Crippen LogP contribution in [0.25, 0.3) is 0 Å². The first-order valence-corrected chi connectivity index (χ1v) is 11.9. The van der Waals surface area contributed by atoms with Crippen molar-refractivity contribution in [3.05, 3.63) is 66.0 Å². The number of carbonyl (C=O) groups excluding carboxylic acids is 3. The molecule has 3 saturated heterocycles. The zero-order valence-electron chi connectivity index (χ0n) is 19.2. The van der Waals surface area contributed by atoms with E-state index in [4.69, 9.17) is 0 Å². The maximum atomic E-state index is 13.8. The molecule has 5 rings (SSSR count). The van der Waals surface area contributed by atoms with Crippen LogP contribution in [0.3, 0.4) is 0 Å². The van der Waals surface area contributed by atoms with Gasteiger partial charge in [0, 0.05) is 37.4 Å². The fourth-order valence-corrected chi connectivity index (χ4v) is 5.41. The van der Waals surface area contributed by atoms with Crippen molar-refractivity contribution >= 4 is 23.4 Å². The van der Waals surface area contributed by atoms with E-state index < -0.39 is 5.54 Å². The van der Waals surface area contributed by atoms with E-state index in [1.54, 1.807) is 9.80 Å². The lowest BCUT2D eigenvalue weighted by molar-refractivity contribution is -0.140. The molecule has 0 atom stereocenters. The average Bonchev–Trinajstić information content (AvgIpc) is 3.49. The van der Waals surface area contributed by atoms with Gasteiger partial charge in [-0.1, -0.05) is 18.2 Å². The molecule has 2 aromatic rings. The van der Waals surface area contributed by atoms with E-state index in [0.717, 1.165) is 31.6 Å². The highest BCUT2D eigenvalue weighted by molar-refractivity contribution is 5.97. The molecule has 2 aromatic carbocycles. The zero-order valence-corrected chi connectivity index (χ0v) is 19.2. The molecular formula is C26H29FN4O3. The third kappa shape index (κ3) is 4.02. The first-order valence-electron chi connectivity index (χ1n) is 11.9. The number of hydrogen-bond acceptors (Lipinski definition) is 4. The van der Waals surface area contributed by atoms with Crippen LogP contribution in [0.4, 0.5) is 10.1 Å². The average molecular weight is 465 g/mol. The number of likely N-dealkylation sites (tertiary alicyclic amines) is 2. The number of halogens is 1. The van der Waals surface area contributed by atoms with Gasteiger partial charge >= 0.3 is 0 Å². The Morgan fingerprint density at radius 2 is 1.50 bits per heavy atom. The van der Waals surface area contributed by atoms with Gasteiger partial charge in [-0.15, -0.1) is 0 Å². The molecule has 0 radical (unpaired) electrons. The van der Waals surface area contributed by atoms with E-state index in [1.165, 1.54) is 24.3 Å². The molecule has 0 N–H and O–H groups in total. The fraction of sp³-hybridized carbons (Fsp3) is 0.423. The predicted molar refractivity (Wildman–Crippen MR) is 126 cm³/mol. The number of hydrogen-bond donors (Lipinski definition) is 0. The van der Waals surface area contributed by atoms with E-state index in [9.17, 15) is 18.8 Å². The monoisotopic (exact) mass is 464 g/mol. The highest BCUT2D eigenvalue weighted by Crippen LogP contribution is 2.39. The van der Waals surface area contributed by atoms with Crippen LogP contribution in [0, 0.1) is 5.82 Å². The summed E-state index contributed by atoms with van der Waals surface area (Å²) in [7, 11) is 0. The molecule has 0 aromatic heterocycles. The van der Waals surface area contributed by atoms with Crippen molar-refractivity contribution in [2.24, 2.45) is 0 Å². The lowest BCUT2D eigenvalue weighted by Gasteiger charge is -2.43. The van der Waals surface area contributed by atoms with E-state index in [-0.39, 0.29) is 30.1 Å². The minimum atomic E-state index is -0.785. The summed E-state index contributed by atoms with van der Waals surface area (Å²) < 4.78 is 13.3. The summed E-state index contributed by atoms with van der Waals surface area (Å²) in [5, 5.41) is 0. The maximum Gasteiger partial charge on any atom is 0.253 e. The van der Waals surface area contributed by atoms with Crippen molar-refractivity contribution in [3.63, 3.8) is 0 Å². The lowest BCUT2D eigenvalue weighted by Crippen LogP contribution is -2.57. The SMILES string of the molecule is O=C(CN1CN(c2ccccc2)C2(CCN(C(=O)c3ccc(F)cc3)CC2)C1=O)N1CCCC1. The van der Waals surface area contributed by atoms with Gasteiger partial charge in [-0.25, -0.2) is 4.39 Å². The summed E-state index contributed by atoms with van der Waals surface area (Å²) in [5.41, 5.74) is 0.588. The molecule has 0 unspecified atom stereocenters. The van der Waals surface area contributed by atoms with Crippen LogP contribution in [0.2, 0.25) is 0 Å². The molecule has 8 heteroatoms. The second-order valence-corrected chi connectivity index (χ2v) is 9.33. The van der Waals surface area contributed by atoms with E-state index in [0.29, 0.717) is 38.2 Å². The second kappa shape index (κ2) is 9.08. The van der Waals surface area contributed by atoms with Crippen LogP contribution < -0.4 is 4.90 Å². The second-order valence-electron chi connectivity index (χ2n) is 9.33. The van der Waals surface area contributed by atoms with Crippen LogP contribution in [0.5, 0.6) is 0 Å². The molecule has 0 aliphatic carbocycles. The van der Waals surface area contributed by atoms with Crippen LogP contribution >= 0.6 is 0 Å². The van der Waals surface area contributed by atoms with Gasteiger partial charge in [-0.3, -0.25) is 14.4 Å². The lowest BCUT2D eigenvalue weighted by atomic mass is 9.85. The highest BCUT2D eigenvalue weighted by Gasteiger charge is 2.54. The molecule has 7 nitrogen and oxygen atoms in total. The number of piperidine rings is 1. The van der Waals surface area contributed by atoms with Gasteiger partial charge in [0.25, 0.3) is 11.8 Å². The van der Waals surface area contributed by atoms with E-state index in [1.807, 2.05) is 35.2 Å². The first kappa shape index (κ1) is 22.4. The van der Waals surface area contributed by atoms with Crippen molar-refractivity contribution in [2.75, 3.05) is 44.3 Å². The van der Waals surface area contributed by atoms with E-state index >= 15 is 0 Å². The number of rotatable bonds is 4. The van der Waals surface area contributed by atoms with Crippen molar-refractivity contribution in [1.82, 2.24) is 14.7 Å². The molecule has 0 bridgehead atoms. The van der Waals surface area contributed by atoms with Crippen molar-refractivity contribution < 1.29 is 18.8 Å². The molecule has 3 aliphatic rings. The summed E-state index contributed by atoms with van der Waals surface area (Å²) in [6.45, 7) is 2.79. The number of carbonyl (C=O) groups is 3. The van der Waals surface area contributed by atoms with Gasteiger partial charge in [0.2, 0.25) is 5.91 Å². The topological polar surface area (TPSA) is 64.2 Å². The quantitative estimate of drug-likeness (QED) is 0.698. The third-order valence-electron chi connectivity index (χ3n) is 7.34. The Hall–Kier alpha value is -3.42. The van der Waals surface area contributed by atoms with Crippen molar-refractivity contribution in [3.8, 4) is 0 Å².